The average Bonchev–Trinajstić information content (AvgIpc) is 3.69. The Balaban J connectivity index is 1.16. The Morgan fingerprint density at radius 1 is 0.979 bits per heavy atom. The molecule has 0 radical (unpaired) electrons. The number of aromatic amines is 2. The third kappa shape index (κ3) is 6.85. The molecule has 1 fully saturated rings. The van der Waals surface area contributed by atoms with Gasteiger partial charge in [0.2, 0.25) is 5.91 Å². The quantitative estimate of drug-likeness (QED) is 0.146. The molecule has 0 atom stereocenters. The van der Waals surface area contributed by atoms with E-state index < -0.39 is 5.82 Å². The van der Waals surface area contributed by atoms with Gasteiger partial charge in [-0.2, -0.15) is 5.10 Å². The lowest BCUT2D eigenvalue weighted by Gasteiger charge is -2.20. The molecule has 0 bridgehead atoms. The number of likely N-dealkylation sites (N-methyl/N-ethyl adjacent to an activating group) is 1. The number of rotatable bonds is 10. The van der Waals surface area contributed by atoms with Crippen LogP contribution < -0.4 is 10.1 Å². The minimum Gasteiger partial charge on any atom is -0.492 e. The summed E-state index contributed by atoms with van der Waals surface area (Å²) in [6.45, 7) is 1.16. The summed E-state index contributed by atoms with van der Waals surface area (Å²) in [5.74, 6) is 0.552. The van der Waals surface area contributed by atoms with Crippen molar-refractivity contribution in [3.8, 4) is 39.5 Å². The third-order valence-electron chi connectivity index (χ3n) is 8.73. The predicted molar refractivity (Wildman–Crippen MR) is 181 cm³/mol. The van der Waals surface area contributed by atoms with Gasteiger partial charge in [0.05, 0.1) is 29.0 Å². The smallest absolute Gasteiger partial charge is 0.224 e. The van der Waals surface area contributed by atoms with Crippen molar-refractivity contribution in [2.45, 2.75) is 38.5 Å². The maximum atomic E-state index is 14.7. The van der Waals surface area contributed by atoms with Crippen LogP contribution in [0.4, 0.5) is 10.1 Å². The van der Waals surface area contributed by atoms with Crippen LogP contribution in [0.3, 0.4) is 0 Å². The second-order valence-electron chi connectivity index (χ2n) is 12.5. The molecule has 1 amide bonds. The number of benzene rings is 1. The zero-order chi connectivity index (χ0) is 32.3. The van der Waals surface area contributed by atoms with Crippen molar-refractivity contribution in [3.05, 3.63) is 73.1 Å². The van der Waals surface area contributed by atoms with E-state index >= 15 is 0 Å². The summed E-state index contributed by atoms with van der Waals surface area (Å²) in [6, 6.07) is 12.5. The largest absolute Gasteiger partial charge is 0.492 e. The Bertz CT molecular complexity index is 2050. The number of halogens is 1. The highest BCUT2D eigenvalue weighted by Gasteiger charge is 2.19. The van der Waals surface area contributed by atoms with Crippen molar-refractivity contribution in [1.29, 1.82) is 0 Å². The fourth-order valence-corrected chi connectivity index (χ4v) is 6.34. The Labute approximate surface area is 271 Å². The number of aromatic nitrogens is 6. The second-order valence-corrected chi connectivity index (χ2v) is 12.5. The molecule has 1 aliphatic rings. The molecule has 5 aromatic heterocycles. The van der Waals surface area contributed by atoms with Crippen LogP contribution in [0.5, 0.6) is 5.75 Å². The first-order valence-corrected chi connectivity index (χ1v) is 16.1. The standard InChI is InChI=1S/C36H37FN8O2/c1-45(2)10-11-47-28-15-23(13-26(37)17-28)34-29-18-32(42-31(29)8-9-39-34)35-30-16-25(20-40-36(30)44-43-35)24-14-27(21-38-19-24)41-33(46)12-22-6-4-3-5-7-22/h8-9,13-22,42H,3-7,10-12H2,1-2H3,(H,41,46)(H,40,43,44). The first kappa shape index (κ1) is 30.5. The van der Waals surface area contributed by atoms with Crippen LogP contribution in [0.2, 0.25) is 0 Å². The number of anilines is 1. The molecule has 0 spiro atoms. The lowest BCUT2D eigenvalue weighted by molar-refractivity contribution is -0.117. The number of hydrogen-bond acceptors (Lipinski definition) is 7. The number of amides is 1. The molecule has 240 valence electrons. The van der Waals surface area contributed by atoms with Gasteiger partial charge in [-0.05, 0) is 69.3 Å². The van der Waals surface area contributed by atoms with E-state index in [0.29, 0.717) is 53.8 Å². The molecule has 1 aromatic carbocycles. The number of nitrogens with one attached hydrogen (secondary N) is 3. The molecule has 3 N–H and O–H groups in total. The van der Waals surface area contributed by atoms with Crippen molar-refractivity contribution in [2.24, 2.45) is 5.92 Å². The summed E-state index contributed by atoms with van der Waals surface area (Å²) in [7, 11) is 3.92. The van der Waals surface area contributed by atoms with Gasteiger partial charge in [0.15, 0.2) is 5.65 Å². The topological polar surface area (TPSA) is 125 Å². The van der Waals surface area contributed by atoms with Crippen molar-refractivity contribution in [2.75, 3.05) is 32.6 Å². The predicted octanol–water partition coefficient (Wildman–Crippen LogP) is 7.22. The van der Waals surface area contributed by atoms with E-state index in [4.69, 9.17) is 4.74 Å². The van der Waals surface area contributed by atoms with Crippen LogP contribution in [0.25, 0.3) is 55.7 Å². The second kappa shape index (κ2) is 13.3. The van der Waals surface area contributed by atoms with Gasteiger partial charge in [-0.25, -0.2) is 9.37 Å². The van der Waals surface area contributed by atoms with Crippen molar-refractivity contribution < 1.29 is 13.9 Å². The van der Waals surface area contributed by atoms with Crippen LogP contribution in [0.15, 0.2) is 67.3 Å². The molecule has 7 rings (SSSR count). The molecular weight excluding hydrogens is 595 g/mol. The molecule has 1 saturated carbocycles. The van der Waals surface area contributed by atoms with E-state index in [1.165, 1.54) is 31.4 Å². The number of H-pyrrole nitrogens is 2. The summed E-state index contributed by atoms with van der Waals surface area (Å²) in [5, 5.41) is 12.3. The number of fused-ring (bicyclic) bond motifs is 2. The van der Waals surface area contributed by atoms with Crippen LogP contribution >= 0.6 is 0 Å². The van der Waals surface area contributed by atoms with Gasteiger partial charge in [0.25, 0.3) is 0 Å². The first-order valence-electron chi connectivity index (χ1n) is 16.1. The normalized spacial score (nSPS) is 13.9. The summed E-state index contributed by atoms with van der Waals surface area (Å²) in [5.41, 5.74) is 6.55. The molecule has 1 aliphatic carbocycles. The average molecular weight is 633 g/mol. The van der Waals surface area contributed by atoms with Gasteiger partial charge in [0, 0.05) is 70.6 Å². The Morgan fingerprint density at radius 3 is 2.68 bits per heavy atom. The molecule has 0 unspecified atom stereocenters. The molecule has 10 nitrogen and oxygen atoms in total. The third-order valence-corrected chi connectivity index (χ3v) is 8.73. The van der Waals surface area contributed by atoms with Gasteiger partial charge >= 0.3 is 0 Å². The van der Waals surface area contributed by atoms with Crippen molar-refractivity contribution >= 4 is 33.5 Å². The fraction of sp³-hybridized carbons (Fsp3) is 0.306. The zero-order valence-corrected chi connectivity index (χ0v) is 26.5. The highest BCUT2D eigenvalue weighted by atomic mass is 19.1. The van der Waals surface area contributed by atoms with Crippen molar-refractivity contribution in [3.63, 3.8) is 0 Å². The van der Waals surface area contributed by atoms with Gasteiger partial charge in [-0.3, -0.25) is 19.9 Å². The van der Waals surface area contributed by atoms with Crippen LogP contribution in [-0.4, -0.2) is 68.2 Å². The summed E-state index contributed by atoms with van der Waals surface area (Å²) in [6.07, 6.45) is 13.4. The molecule has 0 saturated heterocycles. The summed E-state index contributed by atoms with van der Waals surface area (Å²) >= 11 is 0. The number of hydrogen-bond donors (Lipinski definition) is 3. The van der Waals surface area contributed by atoms with E-state index in [2.05, 4.69) is 35.5 Å². The van der Waals surface area contributed by atoms with Gasteiger partial charge in [0.1, 0.15) is 18.2 Å². The minimum absolute atomic E-state index is 0.0283. The monoisotopic (exact) mass is 632 g/mol. The number of carbonyl (C=O) groups excluding carboxylic acids is 1. The summed E-state index contributed by atoms with van der Waals surface area (Å²) in [4.78, 5) is 31.8. The van der Waals surface area contributed by atoms with E-state index in [1.807, 2.05) is 49.3 Å². The maximum Gasteiger partial charge on any atom is 0.224 e. The lowest BCUT2D eigenvalue weighted by Crippen LogP contribution is -2.19. The van der Waals surface area contributed by atoms with Gasteiger partial charge in [-0.1, -0.05) is 19.3 Å². The van der Waals surface area contributed by atoms with Crippen LogP contribution in [-0.2, 0) is 4.79 Å². The maximum absolute atomic E-state index is 14.7. The minimum atomic E-state index is -0.391. The molecule has 47 heavy (non-hydrogen) atoms. The van der Waals surface area contributed by atoms with Gasteiger partial charge < -0.3 is 19.9 Å². The van der Waals surface area contributed by atoms with E-state index in [1.54, 1.807) is 24.8 Å². The SMILES string of the molecule is CN(C)CCOc1cc(F)cc(-c2nccc3[nH]c(-c4[nH]nc5ncc(-c6cncc(NC(=O)CC7CCCCC7)c6)cc45)cc23)c1. The van der Waals surface area contributed by atoms with E-state index in [9.17, 15) is 9.18 Å². The van der Waals surface area contributed by atoms with Crippen LogP contribution in [0.1, 0.15) is 38.5 Å². The Hall–Kier alpha value is -5.16. The number of carbonyl (C=O) groups is 1. The number of nitrogens with zero attached hydrogens (tertiary/aromatic N) is 5. The molecule has 11 heteroatoms. The summed E-state index contributed by atoms with van der Waals surface area (Å²) < 4.78 is 20.5. The molecule has 6 aromatic rings. The Kier molecular flexibility index (Phi) is 8.62. The lowest BCUT2D eigenvalue weighted by atomic mass is 9.87. The fourth-order valence-electron chi connectivity index (χ4n) is 6.34. The first-order chi connectivity index (χ1) is 22.9. The van der Waals surface area contributed by atoms with Crippen LogP contribution in [0, 0.1) is 11.7 Å². The van der Waals surface area contributed by atoms with Gasteiger partial charge in [-0.15, -0.1) is 0 Å². The van der Waals surface area contributed by atoms with E-state index in [-0.39, 0.29) is 5.91 Å². The van der Waals surface area contributed by atoms with Crippen molar-refractivity contribution in [1.82, 2.24) is 35.0 Å². The molecular formula is C36H37FN8O2. The Morgan fingerprint density at radius 2 is 1.83 bits per heavy atom. The van der Waals surface area contributed by atoms with E-state index in [0.717, 1.165) is 51.6 Å². The zero-order valence-electron chi connectivity index (χ0n) is 26.5. The number of pyridine rings is 3. The highest BCUT2D eigenvalue weighted by Crippen LogP contribution is 2.35. The molecule has 5 heterocycles. The highest BCUT2D eigenvalue weighted by molar-refractivity contribution is 6.00. The molecule has 0 aliphatic heterocycles. The number of ether oxygens (including phenoxy) is 1.